The summed E-state index contributed by atoms with van der Waals surface area (Å²) in [5, 5.41) is 0. The first-order valence-corrected chi connectivity index (χ1v) is 12.8. The van der Waals surface area contributed by atoms with Crippen LogP contribution in [0.5, 0.6) is 5.75 Å². The molecule has 0 heterocycles. The Labute approximate surface area is 192 Å². The summed E-state index contributed by atoms with van der Waals surface area (Å²) in [5.41, 5.74) is 1.99. The van der Waals surface area contributed by atoms with Gasteiger partial charge in [0.2, 0.25) is 0 Å². The van der Waals surface area contributed by atoms with Crippen LogP contribution in [0.25, 0.3) is 0 Å². The summed E-state index contributed by atoms with van der Waals surface area (Å²) in [6.07, 6.45) is 15.3. The van der Waals surface area contributed by atoms with Gasteiger partial charge in [-0.2, -0.15) is 0 Å². The van der Waals surface area contributed by atoms with E-state index >= 15 is 0 Å². The lowest BCUT2D eigenvalue weighted by atomic mass is 9.68. The molecule has 1 nitrogen and oxygen atoms in total. The Morgan fingerprint density at radius 1 is 0.812 bits per heavy atom. The average Bonchev–Trinajstić information content (AvgIpc) is 2.84. The Balaban J connectivity index is 1.25. The standard InChI is InChI=1S/C29H38F2O/c1-2-3-5-21-8-11-23(12-9-21)24-13-15-25(16-14-24)26-6-4-7-27(19-26)32-20-22-10-17-28(30)29(31)18-22/h4,6-7,10,17-19,21,23-25H,2-3,5,8-9,11-16,20H2,1H3. The van der Waals surface area contributed by atoms with Gasteiger partial charge in [0.25, 0.3) is 0 Å². The van der Waals surface area contributed by atoms with Crippen molar-refractivity contribution in [2.75, 3.05) is 0 Å². The highest BCUT2D eigenvalue weighted by Crippen LogP contribution is 2.44. The van der Waals surface area contributed by atoms with Crippen LogP contribution in [-0.2, 0) is 6.61 Å². The molecule has 0 bridgehead atoms. The van der Waals surface area contributed by atoms with Crippen LogP contribution in [0.4, 0.5) is 8.78 Å². The number of hydrogen-bond donors (Lipinski definition) is 0. The Kier molecular flexibility index (Phi) is 8.21. The molecule has 0 radical (unpaired) electrons. The zero-order valence-corrected chi connectivity index (χ0v) is 19.5. The van der Waals surface area contributed by atoms with E-state index < -0.39 is 11.6 Å². The molecule has 0 aliphatic heterocycles. The minimum atomic E-state index is -0.828. The van der Waals surface area contributed by atoms with E-state index in [2.05, 4.69) is 25.1 Å². The van der Waals surface area contributed by atoms with Gasteiger partial charge in [-0.15, -0.1) is 0 Å². The van der Waals surface area contributed by atoms with Gasteiger partial charge in [-0.3, -0.25) is 0 Å². The normalized spacial score (nSPS) is 26.1. The van der Waals surface area contributed by atoms with Gasteiger partial charge < -0.3 is 4.74 Å². The van der Waals surface area contributed by atoms with Gasteiger partial charge in [0, 0.05) is 0 Å². The molecule has 2 aromatic rings. The molecule has 0 amide bonds. The Morgan fingerprint density at radius 3 is 2.22 bits per heavy atom. The third kappa shape index (κ3) is 6.11. The van der Waals surface area contributed by atoms with Gasteiger partial charge in [0.05, 0.1) is 0 Å². The molecule has 2 aromatic carbocycles. The topological polar surface area (TPSA) is 9.23 Å². The minimum Gasteiger partial charge on any atom is -0.489 e. The summed E-state index contributed by atoms with van der Waals surface area (Å²) in [7, 11) is 0. The quantitative estimate of drug-likeness (QED) is 0.398. The van der Waals surface area contributed by atoms with E-state index in [-0.39, 0.29) is 6.61 Å². The molecule has 32 heavy (non-hydrogen) atoms. The maximum absolute atomic E-state index is 13.4. The molecular weight excluding hydrogens is 402 g/mol. The van der Waals surface area contributed by atoms with Crippen molar-refractivity contribution in [3.63, 3.8) is 0 Å². The van der Waals surface area contributed by atoms with Crippen LogP contribution >= 0.6 is 0 Å². The molecule has 2 aliphatic carbocycles. The third-order valence-electron chi connectivity index (χ3n) is 8.01. The van der Waals surface area contributed by atoms with Gasteiger partial charge in [-0.05, 0) is 97.6 Å². The van der Waals surface area contributed by atoms with Crippen molar-refractivity contribution in [3.05, 3.63) is 65.2 Å². The number of ether oxygens (including phenoxy) is 1. The van der Waals surface area contributed by atoms with Crippen LogP contribution in [0.3, 0.4) is 0 Å². The van der Waals surface area contributed by atoms with Crippen LogP contribution in [0.15, 0.2) is 42.5 Å². The van der Waals surface area contributed by atoms with E-state index in [4.69, 9.17) is 4.74 Å². The van der Waals surface area contributed by atoms with E-state index in [1.807, 2.05) is 6.07 Å². The molecule has 0 N–H and O–H groups in total. The number of unbranched alkanes of at least 4 members (excludes halogenated alkanes) is 1. The van der Waals surface area contributed by atoms with Crippen molar-refractivity contribution in [2.45, 2.75) is 90.1 Å². The molecule has 0 saturated heterocycles. The highest BCUT2D eigenvalue weighted by Gasteiger charge is 2.31. The predicted octanol–water partition coefficient (Wildman–Crippen LogP) is 8.81. The van der Waals surface area contributed by atoms with Crippen LogP contribution in [-0.4, -0.2) is 0 Å². The molecule has 0 aromatic heterocycles. The summed E-state index contributed by atoms with van der Waals surface area (Å²) in [6.45, 7) is 2.55. The second-order valence-electron chi connectivity index (χ2n) is 10.1. The molecule has 2 aliphatic rings. The Morgan fingerprint density at radius 2 is 1.53 bits per heavy atom. The summed E-state index contributed by atoms with van der Waals surface area (Å²) in [4.78, 5) is 0. The number of benzene rings is 2. The minimum absolute atomic E-state index is 0.244. The fraction of sp³-hybridized carbons (Fsp3) is 0.586. The first kappa shape index (κ1) is 23.3. The van der Waals surface area contributed by atoms with Crippen molar-refractivity contribution in [2.24, 2.45) is 17.8 Å². The molecule has 3 heteroatoms. The molecule has 4 rings (SSSR count). The molecule has 0 spiro atoms. The summed E-state index contributed by atoms with van der Waals surface area (Å²) in [5.74, 6) is 2.64. The highest BCUT2D eigenvalue weighted by molar-refractivity contribution is 5.31. The maximum atomic E-state index is 13.4. The largest absolute Gasteiger partial charge is 0.489 e. The number of halogens is 2. The molecule has 174 valence electrons. The Hall–Kier alpha value is -1.90. The van der Waals surface area contributed by atoms with Crippen molar-refractivity contribution in [3.8, 4) is 5.75 Å². The summed E-state index contributed by atoms with van der Waals surface area (Å²) < 4.78 is 32.4. The molecule has 0 atom stereocenters. The smallest absolute Gasteiger partial charge is 0.159 e. The molecule has 2 saturated carbocycles. The lowest BCUT2D eigenvalue weighted by molar-refractivity contribution is 0.156. The second kappa shape index (κ2) is 11.3. The van der Waals surface area contributed by atoms with E-state index in [9.17, 15) is 8.78 Å². The van der Waals surface area contributed by atoms with Gasteiger partial charge in [0.15, 0.2) is 11.6 Å². The van der Waals surface area contributed by atoms with Crippen LogP contribution in [0.2, 0.25) is 0 Å². The number of hydrogen-bond acceptors (Lipinski definition) is 1. The lowest BCUT2D eigenvalue weighted by Crippen LogP contribution is -2.25. The third-order valence-corrected chi connectivity index (χ3v) is 8.01. The Bertz CT molecular complexity index is 848. The van der Waals surface area contributed by atoms with E-state index in [1.54, 1.807) is 6.07 Å². The fourth-order valence-corrected chi connectivity index (χ4v) is 6.02. The van der Waals surface area contributed by atoms with Crippen LogP contribution in [0, 0.1) is 29.4 Å². The first-order chi connectivity index (χ1) is 15.6. The monoisotopic (exact) mass is 440 g/mol. The zero-order chi connectivity index (χ0) is 22.3. The van der Waals surface area contributed by atoms with Crippen molar-refractivity contribution in [1.29, 1.82) is 0 Å². The van der Waals surface area contributed by atoms with E-state index in [0.717, 1.165) is 29.6 Å². The van der Waals surface area contributed by atoms with Crippen LogP contribution in [0.1, 0.15) is 94.6 Å². The van der Waals surface area contributed by atoms with E-state index in [1.165, 1.54) is 82.3 Å². The molecule has 0 unspecified atom stereocenters. The predicted molar refractivity (Wildman–Crippen MR) is 127 cm³/mol. The zero-order valence-electron chi connectivity index (χ0n) is 19.5. The SMILES string of the molecule is CCCCC1CCC(C2CCC(c3cccc(OCc4ccc(F)c(F)c4)c3)CC2)CC1. The molecular formula is C29H38F2O. The van der Waals surface area contributed by atoms with Crippen molar-refractivity contribution in [1.82, 2.24) is 0 Å². The van der Waals surface area contributed by atoms with Gasteiger partial charge >= 0.3 is 0 Å². The summed E-state index contributed by atoms with van der Waals surface area (Å²) >= 11 is 0. The van der Waals surface area contributed by atoms with Gasteiger partial charge in [0.1, 0.15) is 12.4 Å². The van der Waals surface area contributed by atoms with Crippen LogP contribution < -0.4 is 4.74 Å². The van der Waals surface area contributed by atoms with Gasteiger partial charge in [-0.25, -0.2) is 8.78 Å². The molecule has 2 fully saturated rings. The van der Waals surface area contributed by atoms with Crippen molar-refractivity contribution >= 4 is 0 Å². The van der Waals surface area contributed by atoms with Crippen molar-refractivity contribution < 1.29 is 13.5 Å². The second-order valence-corrected chi connectivity index (χ2v) is 10.1. The van der Waals surface area contributed by atoms with Gasteiger partial charge in [-0.1, -0.05) is 57.2 Å². The number of rotatable bonds is 8. The fourth-order valence-electron chi connectivity index (χ4n) is 6.02. The average molecular weight is 441 g/mol. The first-order valence-electron chi connectivity index (χ1n) is 12.8. The maximum Gasteiger partial charge on any atom is 0.159 e. The summed E-state index contributed by atoms with van der Waals surface area (Å²) in [6, 6.07) is 12.3. The highest BCUT2D eigenvalue weighted by atomic mass is 19.2. The van der Waals surface area contributed by atoms with E-state index in [0.29, 0.717) is 11.5 Å². The lowest BCUT2D eigenvalue weighted by Gasteiger charge is -2.38.